The summed E-state index contributed by atoms with van der Waals surface area (Å²) < 4.78 is 25.8. The monoisotopic (exact) mass is 501 g/mol. The first-order valence-corrected chi connectivity index (χ1v) is 12.3. The fourth-order valence-electron chi connectivity index (χ4n) is 5.48. The Labute approximate surface area is 208 Å². The summed E-state index contributed by atoms with van der Waals surface area (Å²) in [5.41, 5.74) is 7.74. The number of hydrogen-bond donors (Lipinski definition) is 1. The number of nitrogens with zero attached hydrogens (tertiary/aromatic N) is 4. The van der Waals surface area contributed by atoms with Gasteiger partial charge in [0.15, 0.2) is 5.82 Å². The van der Waals surface area contributed by atoms with Gasteiger partial charge >= 0.3 is 0 Å². The topological polar surface area (TPSA) is 93.8 Å². The second-order valence-corrected chi connectivity index (χ2v) is 9.79. The van der Waals surface area contributed by atoms with Crippen LogP contribution in [0.5, 0.6) is 5.75 Å². The quantitative estimate of drug-likeness (QED) is 0.623. The van der Waals surface area contributed by atoms with E-state index in [1.165, 1.54) is 30.6 Å². The smallest absolute Gasteiger partial charge is 0.258 e. The Morgan fingerprint density at radius 1 is 1.20 bits per heavy atom. The number of halogens is 2. The highest BCUT2D eigenvalue weighted by Crippen LogP contribution is 2.38. The van der Waals surface area contributed by atoms with Crippen molar-refractivity contribution in [2.45, 2.75) is 43.9 Å². The fraction of sp³-hybridized carbons (Fsp3) is 0.480. The van der Waals surface area contributed by atoms with Gasteiger partial charge in [-0.3, -0.25) is 9.69 Å². The van der Waals surface area contributed by atoms with Crippen LogP contribution in [-0.2, 0) is 4.74 Å². The van der Waals surface area contributed by atoms with Crippen LogP contribution in [0.4, 0.5) is 4.39 Å². The lowest BCUT2D eigenvalue weighted by molar-refractivity contribution is 0.0323. The van der Waals surface area contributed by atoms with Gasteiger partial charge in [0.1, 0.15) is 17.7 Å². The molecule has 186 valence electrons. The van der Waals surface area contributed by atoms with Crippen LogP contribution in [0.2, 0.25) is 5.02 Å². The number of amides is 1. The summed E-state index contributed by atoms with van der Waals surface area (Å²) in [7, 11) is 1.72. The third kappa shape index (κ3) is 4.98. The summed E-state index contributed by atoms with van der Waals surface area (Å²) in [6.07, 6.45) is 6.86. The van der Waals surface area contributed by atoms with Gasteiger partial charge in [0.25, 0.3) is 5.91 Å². The van der Waals surface area contributed by atoms with Crippen LogP contribution in [0, 0.1) is 5.82 Å². The molecule has 4 heterocycles. The van der Waals surface area contributed by atoms with E-state index >= 15 is 0 Å². The van der Waals surface area contributed by atoms with Crippen LogP contribution in [0.1, 0.15) is 41.9 Å². The highest BCUT2D eigenvalue weighted by atomic mass is 35.5. The maximum absolute atomic E-state index is 14.2. The van der Waals surface area contributed by atoms with E-state index in [0.717, 1.165) is 32.2 Å². The molecule has 2 N–H and O–H groups in total. The van der Waals surface area contributed by atoms with Crippen molar-refractivity contribution in [1.29, 1.82) is 0 Å². The minimum Gasteiger partial charge on any atom is -0.489 e. The first-order valence-electron chi connectivity index (χ1n) is 11.9. The minimum atomic E-state index is -0.439. The second kappa shape index (κ2) is 10.1. The average Bonchev–Trinajstić information content (AvgIpc) is 3.34. The first-order chi connectivity index (χ1) is 16.9. The molecular formula is C25H29ClFN5O3. The number of hydrogen-bond acceptors (Lipinski definition) is 7. The predicted octanol–water partition coefficient (Wildman–Crippen LogP) is 3.12. The first kappa shape index (κ1) is 24.0. The van der Waals surface area contributed by atoms with Crippen LogP contribution >= 0.6 is 11.6 Å². The van der Waals surface area contributed by atoms with Gasteiger partial charge < -0.3 is 20.1 Å². The molecular weight excluding hydrogens is 473 g/mol. The Morgan fingerprint density at radius 2 is 1.91 bits per heavy atom. The number of methoxy groups -OCH3 is 1. The molecule has 2 bridgehead atoms. The maximum Gasteiger partial charge on any atom is 0.258 e. The van der Waals surface area contributed by atoms with E-state index in [0.29, 0.717) is 46.4 Å². The Kier molecular flexibility index (Phi) is 6.91. The summed E-state index contributed by atoms with van der Waals surface area (Å²) in [6, 6.07) is 4.93. The normalized spacial score (nSPS) is 24.3. The van der Waals surface area contributed by atoms with Gasteiger partial charge in [-0.25, -0.2) is 14.4 Å². The Morgan fingerprint density at radius 3 is 2.60 bits per heavy atom. The molecule has 35 heavy (non-hydrogen) atoms. The molecule has 0 spiro atoms. The zero-order valence-corrected chi connectivity index (χ0v) is 20.4. The van der Waals surface area contributed by atoms with E-state index in [1.54, 1.807) is 12.0 Å². The van der Waals surface area contributed by atoms with E-state index in [9.17, 15) is 9.18 Å². The molecule has 2 fully saturated rings. The van der Waals surface area contributed by atoms with E-state index < -0.39 is 5.82 Å². The predicted molar refractivity (Wildman–Crippen MR) is 129 cm³/mol. The molecule has 5 rings (SSSR count). The number of aromatic nitrogens is 2. The fourth-order valence-corrected chi connectivity index (χ4v) is 5.58. The van der Waals surface area contributed by atoms with Crippen molar-refractivity contribution in [2.24, 2.45) is 5.73 Å². The van der Waals surface area contributed by atoms with Gasteiger partial charge in [-0.2, -0.15) is 0 Å². The van der Waals surface area contributed by atoms with Crippen molar-refractivity contribution in [3.63, 3.8) is 0 Å². The molecule has 0 aliphatic carbocycles. The van der Waals surface area contributed by atoms with Crippen LogP contribution in [0.25, 0.3) is 5.57 Å². The number of fused-ring (bicyclic) bond motifs is 2. The van der Waals surface area contributed by atoms with Crippen LogP contribution in [0.3, 0.4) is 0 Å². The summed E-state index contributed by atoms with van der Waals surface area (Å²) in [6.45, 7) is 2.10. The van der Waals surface area contributed by atoms with Gasteiger partial charge in [0.2, 0.25) is 0 Å². The average molecular weight is 502 g/mol. The zero-order chi connectivity index (χ0) is 24.5. The van der Waals surface area contributed by atoms with Gasteiger partial charge in [-0.15, -0.1) is 0 Å². The summed E-state index contributed by atoms with van der Waals surface area (Å²) in [5, 5.41) is 0.421. The number of nitrogens with two attached hydrogens (primary N) is 1. The minimum absolute atomic E-state index is 0.0700. The number of piperidine rings is 1. The van der Waals surface area contributed by atoms with E-state index in [-0.39, 0.29) is 30.9 Å². The van der Waals surface area contributed by atoms with Crippen LogP contribution < -0.4 is 10.5 Å². The molecule has 1 aromatic carbocycles. The lowest BCUT2D eigenvalue weighted by Crippen LogP contribution is -2.47. The molecule has 3 aliphatic heterocycles. The Bertz CT molecular complexity index is 1110. The number of rotatable bonds is 7. The molecule has 1 unspecified atom stereocenters. The van der Waals surface area contributed by atoms with Gasteiger partial charge in [0, 0.05) is 55.5 Å². The molecule has 3 atom stereocenters. The molecule has 1 amide bonds. The maximum atomic E-state index is 14.2. The molecule has 0 radical (unpaired) electrons. The van der Waals surface area contributed by atoms with Crippen molar-refractivity contribution in [1.82, 2.24) is 19.8 Å². The van der Waals surface area contributed by atoms with Gasteiger partial charge in [-0.1, -0.05) is 11.6 Å². The second-order valence-electron chi connectivity index (χ2n) is 9.36. The molecule has 0 saturated carbocycles. The standard InChI is InChI=1S/C25H29ClFN5O3/c1-34-7-6-32-17-3-4-18(32)10-19(9-17)35-23-8-16(27)2-5-20(23)25(33)31-13-21(22(28)14-31)24-29-11-15(26)12-30-24/h2,5,8,11-12,17-19H,3-4,6-7,9-10,13-14,28H2,1H3/t17-,18+,19?. The Balaban J connectivity index is 1.30. The van der Waals surface area contributed by atoms with Crippen molar-refractivity contribution < 1.29 is 18.7 Å². The SMILES string of the molecule is COCCN1[C@@H]2CC[C@H]1CC(Oc1cc(F)ccc1C(=O)N1CC(N)=C(c3ncc(Cl)cn3)C1)C2. The van der Waals surface area contributed by atoms with Crippen LogP contribution in [-0.4, -0.2) is 77.2 Å². The van der Waals surface area contributed by atoms with Crippen molar-refractivity contribution >= 4 is 23.1 Å². The lowest BCUT2D eigenvalue weighted by atomic mass is 9.99. The highest BCUT2D eigenvalue weighted by Gasteiger charge is 2.41. The van der Waals surface area contributed by atoms with E-state index in [2.05, 4.69) is 14.9 Å². The van der Waals surface area contributed by atoms with Crippen molar-refractivity contribution in [3.05, 3.63) is 58.5 Å². The lowest BCUT2D eigenvalue weighted by Gasteiger charge is -2.39. The molecule has 8 nitrogen and oxygen atoms in total. The van der Waals surface area contributed by atoms with Crippen LogP contribution in [0.15, 0.2) is 36.3 Å². The summed E-state index contributed by atoms with van der Waals surface area (Å²) >= 11 is 5.89. The third-order valence-electron chi connectivity index (χ3n) is 7.14. The van der Waals surface area contributed by atoms with Crippen molar-refractivity contribution in [2.75, 3.05) is 33.4 Å². The molecule has 3 aliphatic rings. The van der Waals surface area contributed by atoms with E-state index in [1.807, 2.05) is 0 Å². The molecule has 2 saturated heterocycles. The largest absolute Gasteiger partial charge is 0.489 e. The number of ether oxygens (including phenoxy) is 2. The van der Waals surface area contributed by atoms with E-state index in [4.69, 9.17) is 26.8 Å². The number of benzene rings is 1. The van der Waals surface area contributed by atoms with Crippen molar-refractivity contribution in [3.8, 4) is 5.75 Å². The molecule has 2 aromatic rings. The Hall–Kier alpha value is -2.75. The molecule has 1 aromatic heterocycles. The van der Waals surface area contributed by atoms with Gasteiger partial charge in [-0.05, 0) is 37.8 Å². The highest BCUT2D eigenvalue weighted by molar-refractivity contribution is 6.30. The van der Waals surface area contributed by atoms with Gasteiger partial charge in [0.05, 0.1) is 30.3 Å². The summed E-state index contributed by atoms with van der Waals surface area (Å²) in [4.78, 5) is 26.0. The zero-order valence-electron chi connectivity index (χ0n) is 19.6. The third-order valence-corrected chi connectivity index (χ3v) is 7.33. The number of carbonyl (C=O) groups is 1. The molecule has 10 heteroatoms. The number of carbonyl (C=O) groups excluding carboxylic acids is 1. The summed E-state index contributed by atoms with van der Waals surface area (Å²) in [5.74, 6) is 0.00627.